The Hall–Kier alpha value is -1.32. The van der Waals surface area contributed by atoms with Crippen molar-refractivity contribution in [3.63, 3.8) is 0 Å². The maximum atomic E-state index is 4.96. The second kappa shape index (κ2) is 3.18. The van der Waals surface area contributed by atoms with Gasteiger partial charge in [0, 0.05) is 20.2 Å². The highest BCUT2D eigenvalue weighted by Crippen LogP contribution is 2.11. The summed E-state index contributed by atoms with van der Waals surface area (Å²) in [5.74, 6) is 0.702. The molecule has 0 spiro atoms. The van der Waals surface area contributed by atoms with Crippen LogP contribution in [-0.4, -0.2) is 25.6 Å². The number of hydrogen-bond acceptors (Lipinski definition) is 3. The molecule has 1 aromatic rings. The van der Waals surface area contributed by atoms with E-state index in [-0.39, 0.29) is 0 Å². The Balaban J connectivity index is 2.76. The Kier molecular flexibility index (Phi) is 2.25. The van der Waals surface area contributed by atoms with Crippen molar-refractivity contribution >= 4 is 12.2 Å². The van der Waals surface area contributed by atoms with E-state index in [1.807, 2.05) is 20.0 Å². The molecule has 1 aromatic heterocycles. The van der Waals surface area contributed by atoms with Gasteiger partial charge in [-0.2, -0.15) is 0 Å². The lowest BCUT2D eigenvalue weighted by Crippen LogP contribution is -2.12. The molecule has 0 aliphatic heterocycles. The van der Waals surface area contributed by atoms with Gasteiger partial charge in [-0.25, -0.2) is 0 Å². The molecule has 0 fully saturated rings. The Bertz CT molecular complexity index is 254. The minimum atomic E-state index is 0.702. The van der Waals surface area contributed by atoms with Crippen molar-refractivity contribution in [3.05, 3.63) is 11.8 Å². The fraction of sp³-hybridized carbons (Fsp3) is 0.429. The second-order valence-electron chi connectivity index (χ2n) is 2.29. The van der Waals surface area contributed by atoms with Crippen LogP contribution in [0.5, 0.6) is 0 Å². The van der Waals surface area contributed by atoms with Gasteiger partial charge in [-0.3, -0.25) is 4.99 Å². The van der Waals surface area contributed by atoms with E-state index in [1.165, 1.54) is 0 Å². The minimum Gasteiger partial charge on any atom is -0.338 e. The third-order valence-corrected chi connectivity index (χ3v) is 1.25. The number of aliphatic imine (C=N–C) groups is 1. The molecule has 0 bridgehead atoms. The van der Waals surface area contributed by atoms with Crippen LogP contribution in [0.25, 0.3) is 0 Å². The molecule has 60 valence electrons. The van der Waals surface area contributed by atoms with E-state index in [0.717, 1.165) is 5.69 Å². The standard InChI is InChI=1S/C7H11N3O/c1-6-4-7(11-9-6)10(3)5-8-2/h4-5H,1-3H3. The van der Waals surface area contributed by atoms with Crippen molar-refractivity contribution in [2.45, 2.75) is 6.92 Å². The van der Waals surface area contributed by atoms with Crippen LogP contribution < -0.4 is 4.90 Å². The Morgan fingerprint density at radius 1 is 1.73 bits per heavy atom. The molecule has 0 saturated carbocycles. The minimum absolute atomic E-state index is 0.702. The summed E-state index contributed by atoms with van der Waals surface area (Å²) < 4.78 is 4.96. The van der Waals surface area contributed by atoms with Crippen LogP contribution in [-0.2, 0) is 0 Å². The molecule has 0 radical (unpaired) electrons. The van der Waals surface area contributed by atoms with Gasteiger partial charge in [0.05, 0.1) is 12.0 Å². The van der Waals surface area contributed by atoms with Gasteiger partial charge in [0.15, 0.2) is 0 Å². The topological polar surface area (TPSA) is 41.6 Å². The highest BCUT2D eigenvalue weighted by Gasteiger charge is 2.02. The Morgan fingerprint density at radius 3 is 2.91 bits per heavy atom. The maximum absolute atomic E-state index is 4.96. The monoisotopic (exact) mass is 153 g/mol. The molecule has 0 aliphatic carbocycles. The summed E-state index contributed by atoms with van der Waals surface area (Å²) in [6, 6.07) is 1.85. The van der Waals surface area contributed by atoms with Crippen LogP contribution in [0.1, 0.15) is 5.69 Å². The first-order valence-electron chi connectivity index (χ1n) is 3.32. The van der Waals surface area contributed by atoms with E-state index in [1.54, 1.807) is 18.3 Å². The second-order valence-corrected chi connectivity index (χ2v) is 2.29. The highest BCUT2D eigenvalue weighted by molar-refractivity contribution is 5.75. The van der Waals surface area contributed by atoms with Gasteiger partial charge in [0.25, 0.3) is 0 Å². The van der Waals surface area contributed by atoms with Crippen molar-refractivity contribution in [1.82, 2.24) is 5.16 Å². The summed E-state index contributed by atoms with van der Waals surface area (Å²) >= 11 is 0. The largest absolute Gasteiger partial charge is 0.338 e. The maximum Gasteiger partial charge on any atom is 0.232 e. The van der Waals surface area contributed by atoms with E-state index in [9.17, 15) is 0 Å². The van der Waals surface area contributed by atoms with Crippen LogP contribution in [0.15, 0.2) is 15.6 Å². The van der Waals surface area contributed by atoms with E-state index < -0.39 is 0 Å². The van der Waals surface area contributed by atoms with Crippen molar-refractivity contribution in [3.8, 4) is 0 Å². The lowest BCUT2D eigenvalue weighted by atomic mass is 10.5. The fourth-order valence-electron chi connectivity index (χ4n) is 0.746. The predicted molar refractivity (Wildman–Crippen MR) is 44.1 cm³/mol. The first-order chi connectivity index (χ1) is 5.24. The van der Waals surface area contributed by atoms with Crippen molar-refractivity contribution in [2.75, 3.05) is 19.0 Å². The zero-order valence-electron chi connectivity index (χ0n) is 6.90. The van der Waals surface area contributed by atoms with Crippen molar-refractivity contribution in [2.24, 2.45) is 4.99 Å². The van der Waals surface area contributed by atoms with Gasteiger partial charge in [0.1, 0.15) is 0 Å². The van der Waals surface area contributed by atoms with Crippen LogP contribution in [0.3, 0.4) is 0 Å². The normalized spacial score (nSPS) is 10.8. The van der Waals surface area contributed by atoms with Gasteiger partial charge in [-0.1, -0.05) is 5.16 Å². The molecule has 0 saturated heterocycles. The molecule has 4 nitrogen and oxygen atoms in total. The van der Waals surface area contributed by atoms with Crippen LogP contribution >= 0.6 is 0 Å². The number of aromatic nitrogens is 1. The molecule has 0 aromatic carbocycles. The smallest absolute Gasteiger partial charge is 0.232 e. The molecule has 0 amide bonds. The fourth-order valence-corrected chi connectivity index (χ4v) is 0.746. The van der Waals surface area contributed by atoms with Crippen LogP contribution in [0, 0.1) is 6.92 Å². The first-order valence-corrected chi connectivity index (χ1v) is 3.32. The Morgan fingerprint density at radius 2 is 2.45 bits per heavy atom. The van der Waals surface area contributed by atoms with Crippen molar-refractivity contribution < 1.29 is 4.52 Å². The molecular weight excluding hydrogens is 142 g/mol. The van der Waals surface area contributed by atoms with Gasteiger partial charge < -0.3 is 9.42 Å². The molecular formula is C7H11N3O. The third-order valence-electron chi connectivity index (χ3n) is 1.25. The van der Waals surface area contributed by atoms with Gasteiger partial charge >= 0.3 is 0 Å². The summed E-state index contributed by atoms with van der Waals surface area (Å²) in [5.41, 5.74) is 0.872. The molecule has 0 N–H and O–H groups in total. The van der Waals surface area contributed by atoms with E-state index in [0.29, 0.717) is 5.88 Å². The SMILES string of the molecule is CN=CN(C)c1cc(C)no1. The lowest BCUT2D eigenvalue weighted by molar-refractivity contribution is 0.423. The summed E-state index contributed by atoms with van der Waals surface area (Å²) in [6.07, 6.45) is 1.67. The van der Waals surface area contributed by atoms with Gasteiger partial charge in [-0.05, 0) is 6.92 Å². The number of anilines is 1. The van der Waals surface area contributed by atoms with Crippen LogP contribution in [0.2, 0.25) is 0 Å². The van der Waals surface area contributed by atoms with Crippen molar-refractivity contribution in [1.29, 1.82) is 0 Å². The predicted octanol–water partition coefficient (Wildman–Crippen LogP) is 1.08. The summed E-state index contributed by atoms with van der Waals surface area (Å²) in [6.45, 7) is 1.88. The molecule has 0 unspecified atom stereocenters. The highest BCUT2D eigenvalue weighted by atomic mass is 16.5. The average molecular weight is 153 g/mol. The molecule has 1 heterocycles. The summed E-state index contributed by atoms with van der Waals surface area (Å²) in [7, 11) is 3.56. The number of hydrogen-bond donors (Lipinski definition) is 0. The lowest BCUT2D eigenvalue weighted by Gasteiger charge is -2.05. The molecule has 11 heavy (non-hydrogen) atoms. The van der Waals surface area contributed by atoms with Gasteiger partial charge in [-0.15, -0.1) is 0 Å². The zero-order valence-corrected chi connectivity index (χ0v) is 6.90. The number of rotatable bonds is 2. The summed E-state index contributed by atoms with van der Waals surface area (Å²) in [5, 5.41) is 3.74. The van der Waals surface area contributed by atoms with E-state index in [4.69, 9.17) is 4.52 Å². The molecule has 0 aliphatic rings. The quantitative estimate of drug-likeness (QED) is 0.471. The Labute approximate surface area is 65.5 Å². The number of nitrogens with zero attached hydrogens (tertiary/aromatic N) is 3. The molecule has 4 heteroatoms. The zero-order chi connectivity index (χ0) is 8.27. The van der Waals surface area contributed by atoms with E-state index >= 15 is 0 Å². The first kappa shape index (κ1) is 7.78. The summed E-state index contributed by atoms with van der Waals surface area (Å²) in [4.78, 5) is 5.60. The number of aryl methyl sites for hydroxylation is 1. The molecule has 1 rings (SSSR count). The van der Waals surface area contributed by atoms with Gasteiger partial charge in [0.2, 0.25) is 5.88 Å². The third kappa shape index (κ3) is 1.80. The van der Waals surface area contributed by atoms with E-state index in [2.05, 4.69) is 10.1 Å². The molecule has 0 atom stereocenters. The van der Waals surface area contributed by atoms with Crippen LogP contribution in [0.4, 0.5) is 5.88 Å². The average Bonchev–Trinajstić information content (AvgIpc) is 2.36.